The van der Waals surface area contributed by atoms with E-state index in [1.165, 1.54) is 37.3 Å². The van der Waals surface area contributed by atoms with Crippen LogP contribution in [-0.4, -0.2) is 24.3 Å². The molecular weight excluding hydrogens is 344 g/mol. The molecule has 0 aliphatic carbocycles. The van der Waals surface area contributed by atoms with Gasteiger partial charge in [-0.05, 0) is 43.3 Å². The number of hydrogen-bond acceptors (Lipinski definition) is 7. The van der Waals surface area contributed by atoms with Gasteiger partial charge in [-0.15, -0.1) is 0 Å². The molecule has 0 atom stereocenters. The van der Waals surface area contributed by atoms with Crippen molar-refractivity contribution in [2.45, 2.75) is 18.7 Å². The van der Waals surface area contributed by atoms with Gasteiger partial charge in [0.15, 0.2) is 5.78 Å². The molecule has 8 heteroatoms. The van der Waals surface area contributed by atoms with Crippen molar-refractivity contribution in [2.75, 3.05) is 0 Å². The van der Waals surface area contributed by atoms with E-state index in [-0.39, 0.29) is 16.4 Å². The topological polar surface area (TPSA) is 99.4 Å². The summed E-state index contributed by atoms with van der Waals surface area (Å²) in [6, 6.07) is 11.9. The van der Waals surface area contributed by atoms with Gasteiger partial charge in [0.05, 0.1) is 0 Å². The molecule has 0 N–H and O–H groups in total. The predicted octanol–water partition coefficient (Wildman–Crippen LogP) is 3.02. The third kappa shape index (κ3) is 3.74. The van der Waals surface area contributed by atoms with Crippen LogP contribution >= 0.6 is 0 Å². The first-order valence-electron chi connectivity index (χ1n) is 7.31. The fourth-order valence-electron chi connectivity index (χ4n) is 2.12. The van der Waals surface area contributed by atoms with E-state index < -0.39 is 10.1 Å². The van der Waals surface area contributed by atoms with E-state index in [4.69, 9.17) is 8.71 Å². The molecule has 0 unspecified atom stereocenters. The molecule has 7 nitrogen and oxygen atoms in total. The smallest absolute Gasteiger partial charge is 0.339 e. The highest BCUT2D eigenvalue weighted by Gasteiger charge is 2.18. The second-order valence-electron chi connectivity index (χ2n) is 5.28. The lowest BCUT2D eigenvalue weighted by atomic mass is 10.2. The highest BCUT2D eigenvalue weighted by molar-refractivity contribution is 7.87. The number of rotatable bonds is 5. The average Bonchev–Trinajstić information content (AvgIpc) is 3.02. The Balaban J connectivity index is 1.83. The first-order chi connectivity index (χ1) is 11.8. The zero-order chi connectivity index (χ0) is 18.0. The number of carbonyl (C=O) groups excluding carboxylic acids is 1. The quantitative estimate of drug-likeness (QED) is 0.510. The Labute approximate surface area is 144 Å². The van der Waals surface area contributed by atoms with Crippen molar-refractivity contribution in [1.29, 1.82) is 0 Å². The second-order valence-corrected chi connectivity index (χ2v) is 6.83. The summed E-state index contributed by atoms with van der Waals surface area (Å²) in [7, 11) is -4.04. The van der Waals surface area contributed by atoms with E-state index in [0.717, 1.165) is 0 Å². The number of carbonyl (C=O) groups is 1. The normalized spacial score (nSPS) is 11.3. The molecule has 3 aromatic rings. The van der Waals surface area contributed by atoms with Gasteiger partial charge in [-0.1, -0.05) is 17.3 Å². The van der Waals surface area contributed by atoms with E-state index in [9.17, 15) is 13.2 Å². The minimum atomic E-state index is -4.04. The molecule has 0 spiro atoms. The van der Waals surface area contributed by atoms with Crippen molar-refractivity contribution < 1.29 is 21.9 Å². The van der Waals surface area contributed by atoms with Crippen LogP contribution in [0.25, 0.3) is 11.4 Å². The van der Waals surface area contributed by atoms with Gasteiger partial charge in [-0.3, -0.25) is 4.79 Å². The van der Waals surface area contributed by atoms with Crippen molar-refractivity contribution in [1.82, 2.24) is 10.1 Å². The molecule has 0 fully saturated rings. The van der Waals surface area contributed by atoms with E-state index >= 15 is 0 Å². The SMILES string of the molecule is CC(=O)c1cccc(S(=O)(=O)Oc2ccc(-c3noc(C)n3)cc2)c1. The summed E-state index contributed by atoms with van der Waals surface area (Å²) in [6.07, 6.45) is 0. The first-order valence-corrected chi connectivity index (χ1v) is 8.72. The van der Waals surface area contributed by atoms with Crippen molar-refractivity contribution in [3.8, 4) is 17.1 Å². The lowest BCUT2D eigenvalue weighted by Gasteiger charge is -2.08. The Kier molecular flexibility index (Phi) is 4.37. The lowest BCUT2D eigenvalue weighted by molar-refractivity contribution is 0.101. The Morgan fingerprint density at radius 3 is 2.44 bits per heavy atom. The van der Waals surface area contributed by atoms with Crippen molar-refractivity contribution in [3.63, 3.8) is 0 Å². The second kappa shape index (κ2) is 6.48. The van der Waals surface area contributed by atoms with Gasteiger partial charge in [0.1, 0.15) is 10.6 Å². The minimum Gasteiger partial charge on any atom is -0.379 e. The summed E-state index contributed by atoms with van der Waals surface area (Å²) in [5.74, 6) is 0.748. The van der Waals surface area contributed by atoms with Crippen LogP contribution in [0.15, 0.2) is 57.9 Å². The molecule has 0 bridgehead atoms. The Bertz CT molecular complexity index is 1020. The van der Waals surface area contributed by atoms with Gasteiger partial charge in [0, 0.05) is 18.1 Å². The molecule has 0 aliphatic rings. The van der Waals surface area contributed by atoms with Crippen LogP contribution in [0.2, 0.25) is 0 Å². The number of benzene rings is 2. The van der Waals surface area contributed by atoms with E-state index in [1.54, 1.807) is 25.1 Å². The average molecular weight is 358 g/mol. The molecule has 0 saturated carbocycles. The van der Waals surface area contributed by atoms with Crippen LogP contribution < -0.4 is 4.18 Å². The number of aromatic nitrogens is 2. The van der Waals surface area contributed by atoms with E-state index in [0.29, 0.717) is 22.8 Å². The van der Waals surface area contributed by atoms with Crippen molar-refractivity contribution in [3.05, 3.63) is 60.0 Å². The molecule has 1 aromatic heterocycles. The number of hydrogen-bond donors (Lipinski definition) is 0. The van der Waals surface area contributed by atoms with Crippen molar-refractivity contribution in [2.24, 2.45) is 0 Å². The first kappa shape index (κ1) is 16.8. The standard InChI is InChI=1S/C17H14N2O5S/c1-11(20)14-4-3-5-16(10-14)25(21,22)24-15-8-6-13(7-9-15)17-18-12(2)23-19-17/h3-10H,1-2H3. The number of Topliss-reactive ketones (excluding diaryl/α,β-unsaturated/α-hetero) is 1. The van der Waals surface area contributed by atoms with Crippen LogP contribution in [0.3, 0.4) is 0 Å². The summed E-state index contributed by atoms with van der Waals surface area (Å²) in [5, 5.41) is 3.79. The summed E-state index contributed by atoms with van der Waals surface area (Å²) in [4.78, 5) is 15.4. The van der Waals surface area contributed by atoms with Gasteiger partial charge < -0.3 is 8.71 Å². The van der Waals surface area contributed by atoms with E-state index in [1.807, 2.05) is 0 Å². The Hall–Kier alpha value is -3.00. The molecule has 25 heavy (non-hydrogen) atoms. The van der Waals surface area contributed by atoms with Crippen LogP contribution in [0.4, 0.5) is 0 Å². The van der Waals surface area contributed by atoms with E-state index in [2.05, 4.69) is 10.1 Å². The summed E-state index contributed by atoms with van der Waals surface area (Å²) < 4.78 is 34.7. The van der Waals surface area contributed by atoms with Gasteiger partial charge in [-0.25, -0.2) is 0 Å². The maximum absolute atomic E-state index is 12.4. The highest BCUT2D eigenvalue weighted by atomic mass is 32.2. The molecule has 128 valence electrons. The van der Waals surface area contributed by atoms with Gasteiger partial charge in [0.25, 0.3) is 0 Å². The fourth-order valence-corrected chi connectivity index (χ4v) is 3.10. The van der Waals surface area contributed by atoms with Crippen molar-refractivity contribution >= 4 is 15.9 Å². The largest absolute Gasteiger partial charge is 0.379 e. The Morgan fingerprint density at radius 1 is 1.12 bits per heavy atom. The summed E-state index contributed by atoms with van der Waals surface area (Å²) in [6.45, 7) is 3.04. The molecular formula is C17H14N2O5S. The lowest BCUT2D eigenvalue weighted by Crippen LogP contribution is -2.10. The molecule has 0 saturated heterocycles. The van der Waals surface area contributed by atoms with Crippen LogP contribution in [0, 0.1) is 6.92 Å². The monoisotopic (exact) mass is 358 g/mol. The van der Waals surface area contributed by atoms with Crippen LogP contribution in [0.5, 0.6) is 5.75 Å². The molecule has 0 aliphatic heterocycles. The van der Waals surface area contributed by atoms with Gasteiger partial charge in [-0.2, -0.15) is 13.4 Å². The zero-order valence-corrected chi connectivity index (χ0v) is 14.3. The summed E-state index contributed by atoms with van der Waals surface area (Å²) in [5.41, 5.74) is 0.965. The maximum atomic E-state index is 12.4. The summed E-state index contributed by atoms with van der Waals surface area (Å²) >= 11 is 0. The molecule has 1 heterocycles. The minimum absolute atomic E-state index is 0.0851. The third-order valence-electron chi connectivity index (χ3n) is 3.38. The third-order valence-corrected chi connectivity index (χ3v) is 4.62. The molecule has 3 rings (SSSR count). The van der Waals surface area contributed by atoms with Gasteiger partial charge >= 0.3 is 10.1 Å². The zero-order valence-electron chi connectivity index (χ0n) is 13.5. The predicted molar refractivity (Wildman–Crippen MR) is 88.7 cm³/mol. The van der Waals surface area contributed by atoms with Crippen LogP contribution in [-0.2, 0) is 10.1 Å². The fraction of sp³-hybridized carbons (Fsp3) is 0.118. The number of aryl methyl sites for hydroxylation is 1. The number of nitrogens with zero attached hydrogens (tertiary/aromatic N) is 2. The highest BCUT2D eigenvalue weighted by Crippen LogP contribution is 2.23. The molecule has 0 amide bonds. The maximum Gasteiger partial charge on any atom is 0.339 e. The Morgan fingerprint density at radius 2 is 1.84 bits per heavy atom. The van der Waals surface area contributed by atoms with Gasteiger partial charge in [0.2, 0.25) is 11.7 Å². The number of ketones is 1. The molecule has 0 radical (unpaired) electrons. The molecule has 2 aromatic carbocycles. The van der Waals surface area contributed by atoms with Crippen LogP contribution in [0.1, 0.15) is 23.2 Å².